The zero-order chi connectivity index (χ0) is 26.7. The van der Waals surface area contributed by atoms with E-state index in [1.165, 1.54) is 5.56 Å². The van der Waals surface area contributed by atoms with E-state index in [4.69, 9.17) is 19.2 Å². The van der Waals surface area contributed by atoms with Crippen LogP contribution in [0, 0.1) is 6.92 Å². The first-order valence-corrected chi connectivity index (χ1v) is 13.5. The van der Waals surface area contributed by atoms with E-state index in [9.17, 15) is 9.59 Å². The SMILES string of the molecule is COCCCCn1cc(C(C)N(C(=O)[C@H]2CN(C(=O)OC(C)(C)C)CCO2)C2CC2)c2nccc(C)c21. The van der Waals surface area contributed by atoms with E-state index >= 15 is 0 Å². The molecule has 1 aliphatic carbocycles. The quantitative estimate of drug-likeness (QED) is 0.460. The lowest BCUT2D eigenvalue weighted by molar-refractivity contribution is -0.151. The lowest BCUT2D eigenvalue weighted by Gasteiger charge is -2.37. The first-order valence-electron chi connectivity index (χ1n) is 13.5. The van der Waals surface area contributed by atoms with E-state index in [-0.39, 0.29) is 24.5 Å². The van der Waals surface area contributed by atoms with Crippen molar-refractivity contribution in [2.45, 2.75) is 90.6 Å². The summed E-state index contributed by atoms with van der Waals surface area (Å²) in [6.07, 6.45) is 6.83. The molecule has 204 valence electrons. The van der Waals surface area contributed by atoms with Crippen LogP contribution in [0.4, 0.5) is 4.79 Å². The van der Waals surface area contributed by atoms with Crippen molar-refractivity contribution < 1.29 is 23.8 Å². The van der Waals surface area contributed by atoms with Gasteiger partial charge in [0.25, 0.3) is 5.91 Å². The molecule has 1 saturated heterocycles. The number of ether oxygens (including phenoxy) is 3. The van der Waals surface area contributed by atoms with E-state index in [0.717, 1.165) is 55.4 Å². The molecule has 0 radical (unpaired) electrons. The van der Waals surface area contributed by atoms with E-state index < -0.39 is 17.8 Å². The van der Waals surface area contributed by atoms with Gasteiger partial charge in [-0.2, -0.15) is 0 Å². The molecular formula is C28H42N4O5. The minimum atomic E-state index is -0.707. The molecule has 2 atom stereocenters. The predicted molar refractivity (Wildman–Crippen MR) is 141 cm³/mol. The van der Waals surface area contributed by atoms with Crippen LogP contribution in [-0.2, 0) is 25.5 Å². The molecule has 0 N–H and O–H groups in total. The van der Waals surface area contributed by atoms with Crippen LogP contribution in [0.25, 0.3) is 11.0 Å². The number of unbranched alkanes of at least 4 members (excludes halogenated alkanes) is 1. The van der Waals surface area contributed by atoms with Gasteiger partial charge in [-0.1, -0.05) is 0 Å². The topological polar surface area (TPSA) is 86.1 Å². The van der Waals surface area contributed by atoms with Crippen molar-refractivity contribution in [2.24, 2.45) is 0 Å². The highest BCUT2D eigenvalue weighted by Crippen LogP contribution is 2.38. The molecule has 1 unspecified atom stereocenters. The molecule has 0 bridgehead atoms. The Bertz CT molecular complexity index is 1100. The fraction of sp³-hybridized carbons (Fsp3) is 0.679. The second-order valence-electron chi connectivity index (χ2n) is 11.2. The number of carbonyl (C=O) groups is 2. The standard InChI is InChI=1S/C28H42N4O5/c1-19-11-12-29-24-22(17-30(25(19)24)13-7-8-15-35-6)20(2)32(21-9-10-21)26(33)23-18-31(14-16-36-23)27(34)37-28(3,4)5/h11-12,17,20-21,23H,7-10,13-16,18H2,1-6H3/t20?,23-/m1/s1. The number of carbonyl (C=O) groups excluding carboxylic acids is 2. The number of aromatic nitrogens is 2. The predicted octanol–water partition coefficient (Wildman–Crippen LogP) is 4.46. The smallest absolute Gasteiger partial charge is 0.410 e. The van der Waals surface area contributed by atoms with Crippen molar-refractivity contribution in [3.63, 3.8) is 0 Å². The number of hydrogen-bond acceptors (Lipinski definition) is 6. The van der Waals surface area contributed by atoms with Gasteiger partial charge in [0.15, 0.2) is 6.10 Å². The lowest BCUT2D eigenvalue weighted by Crippen LogP contribution is -2.54. The third-order valence-corrected chi connectivity index (χ3v) is 7.03. The van der Waals surface area contributed by atoms with Crippen LogP contribution < -0.4 is 0 Å². The largest absolute Gasteiger partial charge is 0.444 e. The molecule has 0 spiro atoms. The average Bonchev–Trinajstić information content (AvgIpc) is 3.61. The van der Waals surface area contributed by atoms with Crippen LogP contribution in [0.2, 0.25) is 0 Å². The van der Waals surface area contributed by atoms with Crippen molar-refractivity contribution in [1.29, 1.82) is 0 Å². The summed E-state index contributed by atoms with van der Waals surface area (Å²) in [5.41, 5.74) is 3.69. The summed E-state index contributed by atoms with van der Waals surface area (Å²) in [4.78, 5) is 34.9. The minimum absolute atomic E-state index is 0.0723. The molecule has 1 aliphatic heterocycles. The van der Waals surface area contributed by atoms with Crippen molar-refractivity contribution in [1.82, 2.24) is 19.4 Å². The first kappa shape index (κ1) is 27.4. The van der Waals surface area contributed by atoms with Gasteiger partial charge in [-0.05, 0) is 71.9 Å². The molecule has 3 heterocycles. The fourth-order valence-electron chi connectivity index (χ4n) is 5.08. The number of methoxy groups -OCH3 is 1. The highest BCUT2D eigenvalue weighted by Gasteiger charge is 2.42. The zero-order valence-electron chi connectivity index (χ0n) is 23.2. The zero-order valence-corrected chi connectivity index (χ0v) is 23.2. The number of aryl methyl sites for hydroxylation is 2. The summed E-state index contributed by atoms with van der Waals surface area (Å²) < 4.78 is 18.9. The van der Waals surface area contributed by atoms with E-state index in [0.29, 0.717) is 13.2 Å². The van der Waals surface area contributed by atoms with Gasteiger partial charge in [0.05, 0.1) is 30.2 Å². The van der Waals surface area contributed by atoms with Gasteiger partial charge in [-0.25, -0.2) is 4.79 Å². The Labute approximate surface area is 220 Å². The Hall–Kier alpha value is -2.65. The number of hydrogen-bond donors (Lipinski definition) is 0. The molecule has 2 fully saturated rings. The van der Waals surface area contributed by atoms with Crippen LogP contribution >= 0.6 is 0 Å². The molecule has 0 aromatic carbocycles. The van der Waals surface area contributed by atoms with Gasteiger partial charge in [0, 0.05) is 50.8 Å². The monoisotopic (exact) mass is 514 g/mol. The van der Waals surface area contributed by atoms with Crippen molar-refractivity contribution in [3.05, 3.63) is 29.6 Å². The van der Waals surface area contributed by atoms with Gasteiger partial charge in [-0.3, -0.25) is 9.78 Å². The summed E-state index contributed by atoms with van der Waals surface area (Å²) in [5, 5.41) is 0. The Morgan fingerprint density at radius 1 is 1.27 bits per heavy atom. The summed E-state index contributed by atoms with van der Waals surface area (Å²) in [6.45, 7) is 12.2. The molecule has 9 heteroatoms. The van der Waals surface area contributed by atoms with Crippen LogP contribution in [0.1, 0.15) is 70.5 Å². The molecule has 2 aliphatic rings. The minimum Gasteiger partial charge on any atom is -0.444 e. The third-order valence-electron chi connectivity index (χ3n) is 7.03. The summed E-state index contributed by atoms with van der Waals surface area (Å²) in [5.74, 6) is -0.0723. The highest BCUT2D eigenvalue weighted by molar-refractivity contribution is 5.86. The fourth-order valence-corrected chi connectivity index (χ4v) is 5.08. The summed E-state index contributed by atoms with van der Waals surface area (Å²) in [7, 11) is 1.73. The number of rotatable bonds is 9. The number of pyridine rings is 1. The van der Waals surface area contributed by atoms with E-state index in [1.54, 1.807) is 12.0 Å². The van der Waals surface area contributed by atoms with Crippen LogP contribution in [0.15, 0.2) is 18.5 Å². The Morgan fingerprint density at radius 3 is 2.70 bits per heavy atom. The number of nitrogens with zero attached hydrogens (tertiary/aromatic N) is 4. The second kappa shape index (κ2) is 11.4. The van der Waals surface area contributed by atoms with Gasteiger partial charge in [0.1, 0.15) is 5.60 Å². The van der Waals surface area contributed by atoms with Crippen molar-refractivity contribution >= 4 is 23.0 Å². The van der Waals surface area contributed by atoms with Crippen LogP contribution in [0.3, 0.4) is 0 Å². The number of fused-ring (bicyclic) bond motifs is 1. The van der Waals surface area contributed by atoms with Crippen molar-refractivity contribution in [2.75, 3.05) is 33.4 Å². The number of morpholine rings is 1. The van der Waals surface area contributed by atoms with Gasteiger partial charge < -0.3 is 28.6 Å². The summed E-state index contributed by atoms with van der Waals surface area (Å²) >= 11 is 0. The summed E-state index contributed by atoms with van der Waals surface area (Å²) in [6, 6.07) is 2.04. The van der Waals surface area contributed by atoms with Crippen LogP contribution in [-0.4, -0.2) is 82.5 Å². The Balaban J connectivity index is 1.56. The van der Waals surface area contributed by atoms with E-state index in [1.807, 2.05) is 37.9 Å². The maximum atomic E-state index is 13.9. The molecule has 2 aromatic rings. The average molecular weight is 515 g/mol. The normalized spacial score (nSPS) is 19.2. The molecule has 9 nitrogen and oxygen atoms in total. The van der Waals surface area contributed by atoms with Crippen molar-refractivity contribution in [3.8, 4) is 0 Å². The van der Waals surface area contributed by atoms with Crippen LogP contribution in [0.5, 0.6) is 0 Å². The Morgan fingerprint density at radius 2 is 2.03 bits per heavy atom. The Kier molecular flexibility index (Phi) is 8.43. The highest BCUT2D eigenvalue weighted by atomic mass is 16.6. The first-order chi connectivity index (χ1) is 17.6. The molecular weight excluding hydrogens is 472 g/mol. The van der Waals surface area contributed by atoms with Gasteiger partial charge >= 0.3 is 6.09 Å². The lowest BCUT2D eigenvalue weighted by atomic mass is 10.1. The molecule has 2 amide bonds. The maximum absolute atomic E-state index is 13.9. The number of amides is 2. The molecule has 37 heavy (non-hydrogen) atoms. The second-order valence-corrected chi connectivity index (χ2v) is 11.2. The third kappa shape index (κ3) is 6.44. The maximum Gasteiger partial charge on any atom is 0.410 e. The van der Waals surface area contributed by atoms with Gasteiger partial charge in [0.2, 0.25) is 0 Å². The van der Waals surface area contributed by atoms with Gasteiger partial charge in [-0.15, -0.1) is 0 Å². The molecule has 2 aromatic heterocycles. The molecule has 4 rings (SSSR count). The molecule has 1 saturated carbocycles. The van der Waals surface area contributed by atoms with E-state index in [2.05, 4.69) is 24.6 Å².